The fourth-order valence-corrected chi connectivity index (χ4v) is 6.93. The zero-order valence-corrected chi connectivity index (χ0v) is 21.7. The summed E-state index contributed by atoms with van der Waals surface area (Å²) in [7, 11) is 1.57. The summed E-state index contributed by atoms with van der Waals surface area (Å²) in [6, 6.07) is 4.33. The summed E-state index contributed by atoms with van der Waals surface area (Å²) >= 11 is 0. The second kappa shape index (κ2) is 9.21. The molecule has 3 aliphatic heterocycles. The standard InChI is InChI=1S/C27H39N3O5/c1-7-26-11-12-27(35-26)20(19(26)23(32)28-6)25(34)30(18(14-31)13-15(2)3)22(27)24(33)29-21-16(4)9-8-10-17(21)5/h8-10,15,18-20,22,31H,7,11-14H2,1-6H3,(H,28,32)(H,29,33)/t18-,19-,20+,22?,26+,27?/m1/s1. The molecule has 8 heteroatoms. The van der Waals surface area contributed by atoms with Crippen molar-refractivity contribution in [2.75, 3.05) is 19.0 Å². The van der Waals surface area contributed by atoms with Crippen molar-refractivity contribution in [3.63, 3.8) is 0 Å². The van der Waals surface area contributed by atoms with E-state index in [1.165, 1.54) is 0 Å². The van der Waals surface area contributed by atoms with Gasteiger partial charge in [-0.3, -0.25) is 14.4 Å². The number of nitrogens with one attached hydrogen (secondary N) is 2. The van der Waals surface area contributed by atoms with Gasteiger partial charge >= 0.3 is 0 Å². The first kappa shape index (κ1) is 25.6. The lowest BCUT2D eigenvalue weighted by molar-refractivity contribution is -0.149. The minimum absolute atomic E-state index is 0.203. The number of fused-ring (bicyclic) bond motifs is 1. The number of likely N-dealkylation sites (tertiary alicyclic amines) is 1. The zero-order chi connectivity index (χ0) is 25.7. The van der Waals surface area contributed by atoms with E-state index in [0.29, 0.717) is 25.7 Å². The van der Waals surface area contributed by atoms with Gasteiger partial charge in [-0.1, -0.05) is 39.0 Å². The Hall–Kier alpha value is -2.45. The van der Waals surface area contributed by atoms with Crippen molar-refractivity contribution in [1.82, 2.24) is 10.2 Å². The van der Waals surface area contributed by atoms with Gasteiger partial charge in [-0.05, 0) is 56.6 Å². The lowest BCUT2D eigenvalue weighted by atomic mass is 9.65. The van der Waals surface area contributed by atoms with Crippen molar-refractivity contribution in [3.8, 4) is 0 Å². The fourth-order valence-electron chi connectivity index (χ4n) is 6.93. The molecular formula is C27H39N3O5. The summed E-state index contributed by atoms with van der Waals surface area (Å²) in [4.78, 5) is 42.9. The minimum atomic E-state index is -1.10. The number of carbonyl (C=O) groups excluding carboxylic acids is 3. The van der Waals surface area contributed by atoms with E-state index in [4.69, 9.17) is 4.74 Å². The third-order valence-corrected chi connectivity index (χ3v) is 8.47. The monoisotopic (exact) mass is 485 g/mol. The third kappa shape index (κ3) is 3.76. The van der Waals surface area contributed by atoms with Crippen LogP contribution in [0.15, 0.2) is 18.2 Å². The van der Waals surface area contributed by atoms with Gasteiger partial charge in [0.15, 0.2) is 0 Å². The molecule has 3 N–H and O–H groups in total. The molecule has 6 atom stereocenters. The number of amides is 3. The molecule has 0 saturated carbocycles. The van der Waals surface area contributed by atoms with Gasteiger partial charge < -0.3 is 25.4 Å². The Labute approximate surface area is 207 Å². The Kier molecular flexibility index (Phi) is 6.74. The topological polar surface area (TPSA) is 108 Å². The first-order chi connectivity index (χ1) is 16.6. The van der Waals surface area contributed by atoms with Gasteiger partial charge in [0.2, 0.25) is 17.7 Å². The second-order valence-electron chi connectivity index (χ2n) is 10.9. The molecule has 1 aromatic rings. The third-order valence-electron chi connectivity index (χ3n) is 8.47. The van der Waals surface area contributed by atoms with E-state index in [9.17, 15) is 19.5 Å². The summed E-state index contributed by atoms with van der Waals surface area (Å²) in [5, 5.41) is 16.2. The number of nitrogens with zero attached hydrogens (tertiary/aromatic N) is 1. The molecule has 4 rings (SSSR count). The van der Waals surface area contributed by atoms with Crippen molar-refractivity contribution in [3.05, 3.63) is 29.3 Å². The molecule has 0 aliphatic carbocycles. The van der Waals surface area contributed by atoms with E-state index >= 15 is 0 Å². The van der Waals surface area contributed by atoms with Gasteiger partial charge in [-0.25, -0.2) is 0 Å². The molecule has 8 nitrogen and oxygen atoms in total. The number of aliphatic hydroxyl groups excluding tert-OH is 1. The van der Waals surface area contributed by atoms with Gasteiger partial charge in [0.25, 0.3) is 0 Å². The van der Waals surface area contributed by atoms with E-state index in [2.05, 4.69) is 10.6 Å². The average molecular weight is 486 g/mol. The first-order valence-corrected chi connectivity index (χ1v) is 12.8. The number of para-hydroxylation sites is 1. The highest BCUT2D eigenvalue weighted by molar-refractivity contribution is 6.04. The van der Waals surface area contributed by atoms with Gasteiger partial charge in [0, 0.05) is 12.7 Å². The summed E-state index contributed by atoms with van der Waals surface area (Å²) in [6.45, 7) is 9.62. The Balaban J connectivity index is 1.83. The van der Waals surface area contributed by atoms with E-state index < -0.39 is 35.1 Å². The fraction of sp³-hybridized carbons (Fsp3) is 0.667. The van der Waals surface area contributed by atoms with Crippen LogP contribution in [0.5, 0.6) is 0 Å². The highest BCUT2D eigenvalue weighted by Crippen LogP contribution is 2.64. The molecule has 35 heavy (non-hydrogen) atoms. The second-order valence-corrected chi connectivity index (χ2v) is 10.9. The van der Waals surface area contributed by atoms with Crippen LogP contribution in [0.25, 0.3) is 0 Å². The lowest BCUT2D eigenvalue weighted by Gasteiger charge is -2.38. The highest BCUT2D eigenvalue weighted by atomic mass is 16.5. The number of hydrogen-bond donors (Lipinski definition) is 3. The van der Waals surface area contributed by atoms with E-state index in [-0.39, 0.29) is 30.2 Å². The van der Waals surface area contributed by atoms with Crippen LogP contribution in [0, 0.1) is 31.6 Å². The molecule has 3 fully saturated rings. The van der Waals surface area contributed by atoms with Crippen molar-refractivity contribution in [1.29, 1.82) is 0 Å². The van der Waals surface area contributed by atoms with Crippen LogP contribution < -0.4 is 10.6 Å². The van der Waals surface area contributed by atoms with Crippen LogP contribution in [0.1, 0.15) is 57.6 Å². The molecule has 0 radical (unpaired) electrons. The lowest BCUT2D eigenvalue weighted by Crippen LogP contribution is -2.56. The summed E-state index contributed by atoms with van der Waals surface area (Å²) in [5.41, 5.74) is 0.698. The predicted molar refractivity (Wildman–Crippen MR) is 133 cm³/mol. The van der Waals surface area contributed by atoms with Crippen molar-refractivity contribution < 1.29 is 24.2 Å². The highest BCUT2D eigenvalue weighted by Gasteiger charge is 2.79. The molecule has 3 aliphatic rings. The van der Waals surface area contributed by atoms with E-state index in [0.717, 1.165) is 16.8 Å². The number of rotatable bonds is 8. The van der Waals surface area contributed by atoms with Gasteiger partial charge in [0.05, 0.1) is 30.1 Å². The Morgan fingerprint density at radius 2 is 1.86 bits per heavy atom. The van der Waals surface area contributed by atoms with Crippen LogP contribution in [0.2, 0.25) is 0 Å². The maximum atomic E-state index is 14.1. The van der Waals surface area contributed by atoms with Crippen molar-refractivity contribution >= 4 is 23.4 Å². The van der Waals surface area contributed by atoms with Crippen LogP contribution >= 0.6 is 0 Å². The van der Waals surface area contributed by atoms with Crippen LogP contribution in [-0.4, -0.2) is 64.7 Å². The Morgan fingerprint density at radius 3 is 2.40 bits per heavy atom. The average Bonchev–Trinajstić information content (AvgIpc) is 3.43. The van der Waals surface area contributed by atoms with Crippen LogP contribution in [0.4, 0.5) is 5.69 Å². The molecule has 1 aromatic carbocycles. The van der Waals surface area contributed by atoms with Gasteiger partial charge in [-0.15, -0.1) is 0 Å². The largest absolute Gasteiger partial charge is 0.394 e. The van der Waals surface area contributed by atoms with E-state index in [1.807, 2.05) is 52.8 Å². The number of ether oxygens (including phenoxy) is 1. The number of carbonyl (C=O) groups is 3. The maximum Gasteiger partial charge on any atom is 0.250 e. The Morgan fingerprint density at radius 1 is 1.20 bits per heavy atom. The normalized spacial score (nSPS) is 32.2. The minimum Gasteiger partial charge on any atom is -0.394 e. The van der Waals surface area contributed by atoms with Crippen LogP contribution in [-0.2, 0) is 19.1 Å². The van der Waals surface area contributed by atoms with Crippen molar-refractivity contribution in [2.45, 2.75) is 83.6 Å². The van der Waals surface area contributed by atoms with E-state index in [1.54, 1.807) is 11.9 Å². The quantitative estimate of drug-likeness (QED) is 0.525. The summed E-state index contributed by atoms with van der Waals surface area (Å²) < 4.78 is 6.72. The SMILES string of the molecule is CC[C@@]12CCC3(O1)C(C(=O)Nc1c(C)cccc1C)N([C@@H](CO)CC(C)C)C(=O)[C@@H]3[C@@H]2C(=O)NC. The number of aryl methyl sites for hydroxylation is 2. The molecule has 1 spiro atoms. The molecule has 0 aromatic heterocycles. The number of anilines is 1. The zero-order valence-electron chi connectivity index (χ0n) is 21.7. The molecule has 2 unspecified atom stereocenters. The number of aliphatic hydroxyl groups is 1. The Bertz CT molecular complexity index is 1010. The maximum absolute atomic E-state index is 14.1. The summed E-state index contributed by atoms with van der Waals surface area (Å²) in [5.74, 6) is -2.05. The smallest absolute Gasteiger partial charge is 0.250 e. The molecule has 3 heterocycles. The molecule has 192 valence electrons. The molecular weight excluding hydrogens is 446 g/mol. The number of hydrogen-bond acceptors (Lipinski definition) is 5. The van der Waals surface area contributed by atoms with Crippen LogP contribution in [0.3, 0.4) is 0 Å². The molecule has 3 amide bonds. The number of benzene rings is 1. The predicted octanol–water partition coefficient (Wildman–Crippen LogP) is 2.55. The summed E-state index contributed by atoms with van der Waals surface area (Å²) in [6.07, 6.45) is 2.26. The molecule has 2 bridgehead atoms. The molecule has 3 saturated heterocycles. The van der Waals surface area contributed by atoms with Gasteiger partial charge in [0.1, 0.15) is 11.6 Å². The van der Waals surface area contributed by atoms with Crippen molar-refractivity contribution in [2.24, 2.45) is 17.8 Å². The first-order valence-electron chi connectivity index (χ1n) is 12.8. The van der Waals surface area contributed by atoms with Gasteiger partial charge in [-0.2, -0.15) is 0 Å².